The number of benzene rings is 2. The van der Waals surface area contributed by atoms with Crippen LogP contribution < -0.4 is 10.1 Å². The highest BCUT2D eigenvalue weighted by molar-refractivity contribution is 5.64. The van der Waals surface area contributed by atoms with Crippen molar-refractivity contribution in [2.75, 3.05) is 12.4 Å². The molecule has 0 saturated carbocycles. The molecule has 3 aromatic rings. The lowest BCUT2D eigenvalue weighted by Crippen LogP contribution is -2.12. The summed E-state index contributed by atoms with van der Waals surface area (Å²) in [6.45, 7) is 2.17. The summed E-state index contributed by atoms with van der Waals surface area (Å²) in [5, 5.41) is 13.3. The van der Waals surface area contributed by atoms with Gasteiger partial charge < -0.3 is 15.2 Å². The minimum atomic E-state index is 0.102. The Morgan fingerprint density at radius 2 is 1.92 bits per heavy atom. The van der Waals surface area contributed by atoms with Crippen molar-refractivity contribution >= 4 is 5.82 Å². The second kappa shape index (κ2) is 8.34. The minimum Gasteiger partial charge on any atom is -0.504 e. The van der Waals surface area contributed by atoms with Crippen LogP contribution in [-0.2, 0) is 0 Å². The van der Waals surface area contributed by atoms with E-state index in [1.165, 1.54) is 12.7 Å². The van der Waals surface area contributed by atoms with Gasteiger partial charge in [0, 0.05) is 5.56 Å². The second-order valence-electron chi connectivity index (χ2n) is 6.07. The number of methoxy groups -OCH3 is 1. The fourth-order valence-electron chi connectivity index (χ4n) is 2.89. The van der Waals surface area contributed by atoms with Crippen molar-refractivity contribution in [1.82, 2.24) is 9.97 Å². The summed E-state index contributed by atoms with van der Waals surface area (Å²) in [5.74, 6) is 1.23. The molecule has 0 aliphatic rings. The van der Waals surface area contributed by atoms with Gasteiger partial charge in [0.15, 0.2) is 11.5 Å². The molecule has 0 amide bonds. The van der Waals surface area contributed by atoms with Crippen LogP contribution in [0.2, 0.25) is 0 Å². The van der Waals surface area contributed by atoms with Gasteiger partial charge in [-0.05, 0) is 30.2 Å². The third kappa shape index (κ3) is 4.11. The van der Waals surface area contributed by atoms with E-state index in [4.69, 9.17) is 4.74 Å². The third-order valence-electron chi connectivity index (χ3n) is 4.21. The van der Waals surface area contributed by atoms with Crippen LogP contribution in [0.4, 0.5) is 5.82 Å². The monoisotopic (exact) mass is 349 g/mol. The van der Waals surface area contributed by atoms with Gasteiger partial charge in [-0.3, -0.25) is 4.98 Å². The van der Waals surface area contributed by atoms with Gasteiger partial charge >= 0.3 is 0 Å². The molecule has 1 aromatic heterocycles. The van der Waals surface area contributed by atoms with Crippen molar-refractivity contribution in [2.45, 2.75) is 25.8 Å². The molecule has 1 atom stereocenters. The van der Waals surface area contributed by atoms with Crippen molar-refractivity contribution in [1.29, 1.82) is 0 Å². The van der Waals surface area contributed by atoms with Crippen LogP contribution in [0, 0.1) is 0 Å². The lowest BCUT2D eigenvalue weighted by molar-refractivity contribution is 0.373. The zero-order valence-corrected chi connectivity index (χ0v) is 15.0. The predicted molar refractivity (Wildman–Crippen MR) is 103 cm³/mol. The highest BCUT2D eigenvalue weighted by Gasteiger charge is 2.12. The first-order chi connectivity index (χ1) is 12.7. The van der Waals surface area contributed by atoms with Crippen molar-refractivity contribution in [3.05, 3.63) is 66.5 Å². The van der Waals surface area contributed by atoms with E-state index in [-0.39, 0.29) is 11.8 Å². The Labute approximate surface area is 153 Å². The third-order valence-corrected chi connectivity index (χ3v) is 4.21. The molecule has 0 fully saturated rings. The summed E-state index contributed by atoms with van der Waals surface area (Å²) in [6, 6.07) is 15.7. The van der Waals surface area contributed by atoms with Crippen LogP contribution in [0.15, 0.2) is 60.9 Å². The zero-order chi connectivity index (χ0) is 18.4. The molecule has 2 N–H and O–H groups in total. The fourth-order valence-corrected chi connectivity index (χ4v) is 2.89. The summed E-state index contributed by atoms with van der Waals surface area (Å²) in [4.78, 5) is 9.00. The largest absolute Gasteiger partial charge is 0.504 e. The Balaban J connectivity index is 1.86. The molecule has 0 spiro atoms. The van der Waals surface area contributed by atoms with Crippen molar-refractivity contribution in [3.63, 3.8) is 0 Å². The van der Waals surface area contributed by atoms with Gasteiger partial charge in [-0.2, -0.15) is 0 Å². The fraction of sp³-hybridized carbons (Fsp3) is 0.238. The molecule has 26 heavy (non-hydrogen) atoms. The van der Waals surface area contributed by atoms with Crippen molar-refractivity contribution in [2.24, 2.45) is 0 Å². The van der Waals surface area contributed by atoms with E-state index in [9.17, 15) is 5.11 Å². The SMILES string of the molecule is CCC[C@H](Nc1cncc(-c2ccc(O)c(OC)c2)n1)c1ccccc1. The van der Waals surface area contributed by atoms with Crippen LogP contribution >= 0.6 is 0 Å². The Kier molecular flexibility index (Phi) is 5.69. The highest BCUT2D eigenvalue weighted by Crippen LogP contribution is 2.31. The van der Waals surface area contributed by atoms with E-state index in [2.05, 4.69) is 34.3 Å². The molecule has 0 unspecified atom stereocenters. The van der Waals surface area contributed by atoms with E-state index in [1.54, 1.807) is 30.6 Å². The van der Waals surface area contributed by atoms with Gasteiger partial charge in [0.2, 0.25) is 0 Å². The molecular formula is C21H23N3O2. The van der Waals surface area contributed by atoms with E-state index in [0.29, 0.717) is 5.75 Å². The van der Waals surface area contributed by atoms with Gasteiger partial charge in [-0.15, -0.1) is 0 Å². The van der Waals surface area contributed by atoms with Gasteiger partial charge in [0.05, 0.1) is 31.2 Å². The molecule has 5 nitrogen and oxygen atoms in total. The lowest BCUT2D eigenvalue weighted by Gasteiger charge is -2.19. The minimum absolute atomic E-state index is 0.102. The predicted octanol–water partition coefficient (Wildman–Crippen LogP) is 4.81. The number of aromatic nitrogens is 2. The summed E-state index contributed by atoms with van der Waals surface area (Å²) < 4.78 is 5.18. The quantitative estimate of drug-likeness (QED) is 0.640. The van der Waals surface area contributed by atoms with E-state index in [0.717, 1.165) is 29.9 Å². The Morgan fingerprint density at radius 1 is 1.12 bits per heavy atom. The maximum Gasteiger partial charge on any atom is 0.161 e. The summed E-state index contributed by atoms with van der Waals surface area (Å²) in [6.07, 6.45) is 5.50. The Hall–Kier alpha value is -3.08. The van der Waals surface area contributed by atoms with Crippen LogP contribution in [0.25, 0.3) is 11.3 Å². The summed E-state index contributed by atoms with van der Waals surface area (Å²) in [7, 11) is 1.53. The maximum atomic E-state index is 9.77. The van der Waals surface area contributed by atoms with Crippen molar-refractivity contribution < 1.29 is 9.84 Å². The molecule has 134 valence electrons. The molecule has 5 heteroatoms. The molecule has 0 radical (unpaired) electrons. The number of ether oxygens (including phenoxy) is 1. The zero-order valence-electron chi connectivity index (χ0n) is 15.0. The standard InChI is InChI=1S/C21H23N3O2/c1-3-7-17(15-8-5-4-6-9-15)23-21-14-22-13-18(24-21)16-10-11-19(25)20(12-16)26-2/h4-6,8-14,17,25H,3,7H2,1-2H3,(H,23,24)/t17-/m0/s1. The number of phenolic OH excluding ortho intramolecular Hbond substituents is 1. The lowest BCUT2D eigenvalue weighted by atomic mass is 10.0. The summed E-state index contributed by atoms with van der Waals surface area (Å²) >= 11 is 0. The molecule has 0 aliphatic heterocycles. The first kappa shape index (κ1) is 17.7. The van der Waals surface area contributed by atoms with Crippen molar-refractivity contribution in [3.8, 4) is 22.8 Å². The number of hydrogen-bond donors (Lipinski definition) is 2. The normalized spacial score (nSPS) is 11.8. The molecule has 1 heterocycles. The molecular weight excluding hydrogens is 326 g/mol. The molecule has 2 aromatic carbocycles. The number of aromatic hydroxyl groups is 1. The van der Waals surface area contributed by atoms with E-state index in [1.807, 2.05) is 18.2 Å². The van der Waals surface area contributed by atoms with E-state index >= 15 is 0 Å². The molecule has 0 aliphatic carbocycles. The van der Waals surface area contributed by atoms with Crippen LogP contribution in [0.3, 0.4) is 0 Å². The number of rotatable bonds is 7. The average Bonchev–Trinajstić information content (AvgIpc) is 2.69. The van der Waals surface area contributed by atoms with Gasteiger partial charge in [0.1, 0.15) is 5.82 Å². The number of nitrogens with one attached hydrogen (secondary N) is 1. The first-order valence-corrected chi connectivity index (χ1v) is 8.72. The van der Waals surface area contributed by atoms with Crippen LogP contribution in [0.5, 0.6) is 11.5 Å². The van der Waals surface area contributed by atoms with E-state index < -0.39 is 0 Å². The number of hydrogen-bond acceptors (Lipinski definition) is 5. The smallest absolute Gasteiger partial charge is 0.161 e. The van der Waals surface area contributed by atoms with Crippen LogP contribution in [-0.4, -0.2) is 22.2 Å². The highest BCUT2D eigenvalue weighted by atomic mass is 16.5. The number of phenols is 1. The molecule has 3 rings (SSSR count). The average molecular weight is 349 g/mol. The topological polar surface area (TPSA) is 67.3 Å². The van der Waals surface area contributed by atoms with Gasteiger partial charge in [-0.1, -0.05) is 43.7 Å². The molecule has 0 bridgehead atoms. The maximum absolute atomic E-state index is 9.77. The Morgan fingerprint density at radius 3 is 2.65 bits per heavy atom. The summed E-state index contributed by atoms with van der Waals surface area (Å²) in [5.41, 5.74) is 2.78. The van der Waals surface area contributed by atoms with Gasteiger partial charge in [-0.25, -0.2) is 4.98 Å². The first-order valence-electron chi connectivity index (χ1n) is 8.72. The molecule has 0 saturated heterocycles. The number of anilines is 1. The Bertz CT molecular complexity index is 853. The number of nitrogens with zero attached hydrogens (tertiary/aromatic N) is 2. The second-order valence-corrected chi connectivity index (χ2v) is 6.07. The van der Waals surface area contributed by atoms with Gasteiger partial charge in [0.25, 0.3) is 0 Å². The van der Waals surface area contributed by atoms with Crippen LogP contribution in [0.1, 0.15) is 31.4 Å².